The van der Waals surface area contributed by atoms with Gasteiger partial charge in [-0.25, -0.2) is 8.42 Å². The average molecular weight is 220 g/mol. The minimum atomic E-state index is -2.94. The Balaban J connectivity index is 2.32. The van der Waals surface area contributed by atoms with E-state index in [0.717, 1.165) is 22.2 Å². The van der Waals surface area contributed by atoms with Gasteiger partial charge in [0.15, 0.2) is 9.84 Å². The van der Waals surface area contributed by atoms with Gasteiger partial charge in [0, 0.05) is 12.4 Å². The zero-order valence-electron chi connectivity index (χ0n) is 7.84. The third kappa shape index (κ3) is 1.39. The molecular weight excluding hydrogens is 212 g/mol. The van der Waals surface area contributed by atoms with Crippen molar-refractivity contribution in [3.05, 3.63) is 35.7 Å². The fourth-order valence-corrected chi connectivity index (χ4v) is 3.48. The quantitative estimate of drug-likeness (QED) is 0.666. The lowest BCUT2D eigenvalue weighted by molar-refractivity contribution is 0.598. The van der Waals surface area contributed by atoms with E-state index >= 15 is 0 Å². The van der Waals surface area contributed by atoms with Crippen molar-refractivity contribution in [2.45, 2.75) is 11.5 Å². The van der Waals surface area contributed by atoms with E-state index in [2.05, 4.69) is 9.97 Å². The second-order valence-corrected chi connectivity index (χ2v) is 5.76. The van der Waals surface area contributed by atoms with Gasteiger partial charge >= 0.3 is 0 Å². The Morgan fingerprint density at radius 1 is 0.933 bits per heavy atom. The molecule has 0 spiro atoms. The number of hydrogen-bond donors (Lipinski definition) is 0. The molecule has 1 aromatic heterocycles. The summed E-state index contributed by atoms with van der Waals surface area (Å²) in [6.07, 6.45) is 3.22. The lowest BCUT2D eigenvalue weighted by atomic mass is 10.1. The fraction of sp³-hybridized carbons (Fsp3) is 0.200. The summed E-state index contributed by atoms with van der Waals surface area (Å²) >= 11 is 0. The van der Waals surface area contributed by atoms with Crippen LogP contribution in [0.5, 0.6) is 0 Å². The second kappa shape index (κ2) is 2.76. The molecule has 0 amide bonds. The average Bonchev–Trinajstić information content (AvgIpc) is 2.46. The van der Waals surface area contributed by atoms with Crippen LogP contribution in [0, 0.1) is 0 Å². The zero-order valence-corrected chi connectivity index (χ0v) is 8.66. The molecule has 1 aliphatic rings. The molecule has 2 heterocycles. The molecule has 15 heavy (non-hydrogen) atoms. The van der Waals surface area contributed by atoms with Gasteiger partial charge in [0.1, 0.15) is 0 Å². The standard InChI is InChI=1S/C10H8N2O2S/c13-15(14)5-7-3-9-10(4-8(7)6-15)12-2-1-11-9/h1-4H,5-6H2. The van der Waals surface area contributed by atoms with Crippen molar-refractivity contribution >= 4 is 20.9 Å². The summed E-state index contributed by atoms with van der Waals surface area (Å²) in [5.41, 5.74) is 3.24. The summed E-state index contributed by atoms with van der Waals surface area (Å²) in [4.78, 5) is 8.30. The minimum absolute atomic E-state index is 0.134. The topological polar surface area (TPSA) is 59.9 Å². The van der Waals surface area contributed by atoms with Gasteiger partial charge in [-0.15, -0.1) is 0 Å². The van der Waals surface area contributed by atoms with Crippen molar-refractivity contribution in [3.8, 4) is 0 Å². The maximum absolute atomic E-state index is 11.4. The van der Waals surface area contributed by atoms with Crippen LogP contribution in [0.4, 0.5) is 0 Å². The highest BCUT2D eigenvalue weighted by Crippen LogP contribution is 2.27. The number of sulfone groups is 1. The summed E-state index contributed by atoms with van der Waals surface area (Å²) in [6, 6.07) is 3.64. The lowest BCUT2D eigenvalue weighted by Gasteiger charge is -1.99. The number of aromatic nitrogens is 2. The highest BCUT2D eigenvalue weighted by atomic mass is 32.2. The van der Waals surface area contributed by atoms with Crippen LogP contribution in [0.3, 0.4) is 0 Å². The predicted octanol–water partition coefficient (Wildman–Crippen LogP) is 1.06. The van der Waals surface area contributed by atoms with Gasteiger partial charge in [-0.3, -0.25) is 9.97 Å². The van der Waals surface area contributed by atoms with Gasteiger partial charge in [-0.1, -0.05) is 0 Å². The summed E-state index contributed by atoms with van der Waals surface area (Å²) in [5, 5.41) is 0. The molecule has 3 rings (SSSR count). The monoisotopic (exact) mass is 220 g/mol. The van der Waals surface area contributed by atoms with E-state index in [9.17, 15) is 8.42 Å². The highest BCUT2D eigenvalue weighted by Gasteiger charge is 2.25. The smallest absolute Gasteiger partial charge is 0.158 e. The molecular formula is C10H8N2O2S. The maximum Gasteiger partial charge on any atom is 0.158 e. The van der Waals surface area contributed by atoms with Crippen molar-refractivity contribution in [1.82, 2.24) is 9.97 Å². The molecule has 0 fully saturated rings. The molecule has 0 saturated heterocycles. The fourth-order valence-electron chi connectivity index (χ4n) is 1.89. The van der Waals surface area contributed by atoms with Crippen molar-refractivity contribution in [1.29, 1.82) is 0 Å². The number of fused-ring (bicyclic) bond motifs is 2. The number of rotatable bonds is 0. The molecule has 0 radical (unpaired) electrons. The Bertz CT molecular complexity index is 599. The predicted molar refractivity (Wildman–Crippen MR) is 55.9 cm³/mol. The normalized spacial score (nSPS) is 17.9. The van der Waals surface area contributed by atoms with E-state index in [1.807, 2.05) is 12.1 Å². The Hall–Kier alpha value is -1.49. The first kappa shape index (κ1) is 8.79. The maximum atomic E-state index is 11.4. The molecule has 0 unspecified atom stereocenters. The molecule has 2 aromatic rings. The van der Waals surface area contributed by atoms with E-state index < -0.39 is 9.84 Å². The molecule has 1 aliphatic heterocycles. The summed E-state index contributed by atoms with van der Waals surface area (Å²) in [6.45, 7) is 0. The van der Waals surface area contributed by atoms with Crippen LogP contribution in [0.1, 0.15) is 11.1 Å². The van der Waals surface area contributed by atoms with E-state index in [-0.39, 0.29) is 11.5 Å². The van der Waals surface area contributed by atoms with E-state index in [4.69, 9.17) is 0 Å². The lowest BCUT2D eigenvalue weighted by Crippen LogP contribution is -1.95. The first-order valence-corrected chi connectivity index (χ1v) is 6.39. The van der Waals surface area contributed by atoms with E-state index in [1.165, 1.54) is 0 Å². The van der Waals surface area contributed by atoms with Crippen LogP contribution in [0.15, 0.2) is 24.5 Å². The molecule has 5 heteroatoms. The van der Waals surface area contributed by atoms with Gasteiger partial charge in [-0.2, -0.15) is 0 Å². The van der Waals surface area contributed by atoms with Crippen LogP contribution in [0.25, 0.3) is 11.0 Å². The molecule has 0 N–H and O–H groups in total. The molecule has 4 nitrogen and oxygen atoms in total. The third-order valence-electron chi connectivity index (χ3n) is 2.54. The van der Waals surface area contributed by atoms with Gasteiger partial charge in [0.2, 0.25) is 0 Å². The van der Waals surface area contributed by atoms with Crippen LogP contribution >= 0.6 is 0 Å². The van der Waals surface area contributed by atoms with Crippen LogP contribution < -0.4 is 0 Å². The first-order valence-electron chi connectivity index (χ1n) is 4.57. The zero-order chi connectivity index (χ0) is 10.5. The molecule has 0 aliphatic carbocycles. The van der Waals surface area contributed by atoms with Crippen molar-refractivity contribution < 1.29 is 8.42 Å². The number of nitrogens with zero attached hydrogens (tertiary/aromatic N) is 2. The molecule has 0 atom stereocenters. The van der Waals surface area contributed by atoms with Crippen molar-refractivity contribution in [3.63, 3.8) is 0 Å². The minimum Gasteiger partial charge on any atom is -0.253 e. The second-order valence-electron chi connectivity index (χ2n) is 3.70. The molecule has 0 bridgehead atoms. The molecule has 0 saturated carbocycles. The summed E-state index contributed by atoms with van der Waals surface area (Å²) in [7, 11) is -2.94. The van der Waals surface area contributed by atoms with Gasteiger partial charge in [-0.05, 0) is 23.3 Å². The molecule has 1 aromatic carbocycles. The number of benzene rings is 1. The van der Waals surface area contributed by atoms with Crippen molar-refractivity contribution in [2.24, 2.45) is 0 Å². The summed E-state index contributed by atoms with van der Waals surface area (Å²) < 4.78 is 22.9. The van der Waals surface area contributed by atoms with Gasteiger partial charge < -0.3 is 0 Å². The summed E-state index contributed by atoms with van der Waals surface area (Å²) in [5.74, 6) is 0.268. The Morgan fingerprint density at radius 3 is 1.87 bits per heavy atom. The van der Waals surface area contributed by atoms with E-state index in [1.54, 1.807) is 12.4 Å². The Kier molecular flexibility index (Phi) is 1.62. The van der Waals surface area contributed by atoms with E-state index in [0.29, 0.717) is 0 Å². The third-order valence-corrected chi connectivity index (χ3v) is 4.04. The van der Waals surface area contributed by atoms with Crippen LogP contribution in [0.2, 0.25) is 0 Å². The molecule has 76 valence electrons. The SMILES string of the molecule is O=S1(=O)Cc2cc3nccnc3cc2C1. The number of hydrogen-bond acceptors (Lipinski definition) is 4. The first-order chi connectivity index (χ1) is 7.14. The van der Waals surface area contributed by atoms with Crippen molar-refractivity contribution in [2.75, 3.05) is 0 Å². The van der Waals surface area contributed by atoms with Crippen LogP contribution in [-0.4, -0.2) is 18.4 Å². The highest BCUT2D eigenvalue weighted by molar-refractivity contribution is 7.90. The Morgan fingerprint density at radius 2 is 1.40 bits per heavy atom. The Labute approximate surface area is 86.9 Å². The largest absolute Gasteiger partial charge is 0.253 e. The van der Waals surface area contributed by atoms with Gasteiger partial charge in [0.25, 0.3) is 0 Å². The van der Waals surface area contributed by atoms with Crippen LogP contribution in [-0.2, 0) is 21.3 Å². The van der Waals surface area contributed by atoms with Gasteiger partial charge in [0.05, 0.1) is 22.5 Å².